The quantitative estimate of drug-likeness (QED) is 0.651. The minimum absolute atomic E-state index is 0.127. The van der Waals surface area contributed by atoms with Crippen molar-refractivity contribution in [3.05, 3.63) is 30.3 Å². The molecule has 0 aromatic heterocycles. The monoisotopic (exact) mass is 328 g/mol. The van der Waals surface area contributed by atoms with Crippen LogP contribution in [0.1, 0.15) is 0 Å². The summed E-state index contributed by atoms with van der Waals surface area (Å²) >= 11 is -1.05. The summed E-state index contributed by atoms with van der Waals surface area (Å²) in [5, 5.41) is 11.1. The fourth-order valence-corrected chi connectivity index (χ4v) is 3.86. The second kappa shape index (κ2) is 4.57. The Morgan fingerprint density at radius 1 is 1.11 bits per heavy atom. The van der Waals surface area contributed by atoms with Crippen LogP contribution < -0.4 is 4.35 Å². The topological polar surface area (TPSA) is 74.6 Å². The molecule has 0 aliphatic rings. The number of aromatic hydroxyl groups is 1. The number of hydrogen-bond donors (Lipinski definition) is 2. The van der Waals surface area contributed by atoms with E-state index >= 15 is 0 Å². The Morgan fingerprint density at radius 3 is 2.33 bits per heavy atom. The fraction of sp³-hybridized carbons (Fsp3) is 0.167. The molecule has 2 rings (SSSR count). The zero-order valence-electron chi connectivity index (χ0n) is 9.95. The first-order valence-corrected chi connectivity index (χ1v) is 11.3. The van der Waals surface area contributed by atoms with Gasteiger partial charge in [-0.25, -0.2) is 0 Å². The Bertz CT molecular complexity index is 707. The average Bonchev–Trinajstić information content (AvgIpc) is 2.27. The van der Waals surface area contributed by atoms with E-state index in [1.165, 1.54) is 10.4 Å². The van der Waals surface area contributed by atoms with E-state index in [1.54, 1.807) is 6.07 Å². The van der Waals surface area contributed by atoms with Crippen molar-refractivity contribution >= 4 is 39.9 Å². The van der Waals surface area contributed by atoms with Gasteiger partial charge in [0.15, 0.2) is 0 Å². The van der Waals surface area contributed by atoms with E-state index in [4.69, 9.17) is 4.55 Å². The number of rotatable bonds is 2. The molecule has 0 bridgehead atoms. The van der Waals surface area contributed by atoms with Gasteiger partial charge in [-0.15, -0.1) is 0 Å². The summed E-state index contributed by atoms with van der Waals surface area (Å²) in [6.07, 6.45) is 0. The molecule has 0 heterocycles. The van der Waals surface area contributed by atoms with E-state index in [-0.39, 0.29) is 10.6 Å². The molecular formula is C12H13AsO4S. The van der Waals surface area contributed by atoms with Crippen molar-refractivity contribution in [3.8, 4) is 5.75 Å². The molecule has 0 atom stereocenters. The van der Waals surface area contributed by atoms with Crippen molar-refractivity contribution in [3.63, 3.8) is 0 Å². The summed E-state index contributed by atoms with van der Waals surface area (Å²) in [6.45, 7) is 0. The molecule has 18 heavy (non-hydrogen) atoms. The Balaban J connectivity index is 2.74. The van der Waals surface area contributed by atoms with E-state index in [0.29, 0.717) is 10.8 Å². The van der Waals surface area contributed by atoms with Crippen LogP contribution in [0.3, 0.4) is 0 Å². The standard InChI is InChI=1S/C12H13AsO4S/c1-13(2)9-4-3-8-5-10(18(15,16)17)7-12(14)11(8)6-9/h3-7,14H,1-2H3,(H,15,16,17). The minimum atomic E-state index is -4.29. The van der Waals surface area contributed by atoms with Gasteiger partial charge in [0.05, 0.1) is 0 Å². The first-order chi connectivity index (χ1) is 8.29. The van der Waals surface area contributed by atoms with Gasteiger partial charge in [0.1, 0.15) is 0 Å². The van der Waals surface area contributed by atoms with Gasteiger partial charge in [-0.3, -0.25) is 0 Å². The first kappa shape index (κ1) is 13.4. The molecule has 0 radical (unpaired) electrons. The SMILES string of the molecule is C[As](C)c1ccc2cc(S(=O)(=O)O)cc(O)c2c1. The summed E-state index contributed by atoms with van der Waals surface area (Å²) in [5.74, 6) is -0.127. The van der Waals surface area contributed by atoms with Gasteiger partial charge in [-0.05, 0) is 0 Å². The van der Waals surface area contributed by atoms with E-state index in [1.807, 2.05) is 12.1 Å². The van der Waals surface area contributed by atoms with E-state index in [0.717, 1.165) is 6.07 Å². The molecule has 2 aromatic carbocycles. The van der Waals surface area contributed by atoms with Gasteiger partial charge in [-0.1, -0.05) is 0 Å². The van der Waals surface area contributed by atoms with Crippen molar-refractivity contribution < 1.29 is 18.1 Å². The molecule has 96 valence electrons. The summed E-state index contributed by atoms with van der Waals surface area (Å²) in [5.41, 5.74) is 4.36. The van der Waals surface area contributed by atoms with Crippen molar-refractivity contribution in [2.24, 2.45) is 0 Å². The van der Waals surface area contributed by atoms with Crippen molar-refractivity contribution in [2.45, 2.75) is 16.3 Å². The van der Waals surface area contributed by atoms with Gasteiger partial charge in [0.25, 0.3) is 0 Å². The number of fused-ring (bicyclic) bond motifs is 1. The van der Waals surface area contributed by atoms with E-state index in [9.17, 15) is 13.5 Å². The van der Waals surface area contributed by atoms with Crippen LogP contribution in [0.25, 0.3) is 10.8 Å². The molecule has 0 unspecified atom stereocenters. The Labute approximate surface area is 110 Å². The number of phenolic OH excluding ortho intramolecular Hbond substituents is 1. The summed E-state index contributed by atoms with van der Waals surface area (Å²) in [7, 11) is -4.29. The van der Waals surface area contributed by atoms with Crippen LogP contribution in [-0.2, 0) is 10.1 Å². The second-order valence-corrected chi connectivity index (χ2v) is 10.5. The van der Waals surface area contributed by atoms with Crippen molar-refractivity contribution in [2.75, 3.05) is 0 Å². The molecule has 2 aromatic rings. The molecule has 0 aliphatic heterocycles. The number of benzene rings is 2. The van der Waals surface area contributed by atoms with Gasteiger partial charge in [0, 0.05) is 0 Å². The Kier molecular flexibility index (Phi) is 3.41. The average molecular weight is 328 g/mol. The predicted octanol–water partition coefficient (Wildman–Crippen LogP) is 1.75. The molecule has 0 saturated carbocycles. The fourth-order valence-electron chi connectivity index (χ4n) is 1.73. The third kappa shape index (κ3) is 2.53. The summed E-state index contributed by atoms with van der Waals surface area (Å²) in [6, 6.07) is 8.03. The first-order valence-electron chi connectivity index (χ1n) is 5.20. The molecule has 0 amide bonds. The third-order valence-electron chi connectivity index (χ3n) is 2.70. The van der Waals surface area contributed by atoms with Gasteiger partial charge in [-0.2, -0.15) is 0 Å². The maximum absolute atomic E-state index is 11.1. The number of phenols is 1. The molecule has 0 spiro atoms. The molecule has 6 heteroatoms. The van der Waals surface area contributed by atoms with Crippen LogP contribution in [0.5, 0.6) is 5.75 Å². The van der Waals surface area contributed by atoms with Crippen LogP contribution in [0, 0.1) is 0 Å². The molecule has 0 aliphatic carbocycles. The van der Waals surface area contributed by atoms with Gasteiger partial charge in [0.2, 0.25) is 0 Å². The second-order valence-electron chi connectivity index (χ2n) is 4.22. The van der Waals surface area contributed by atoms with Crippen LogP contribution in [0.15, 0.2) is 35.2 Å². The summed E-state index contributed by atoms with van der Waals surface area (Å²) < 4.78 is 32.3. The Hall–Kier alpha value is -1.03. The Morgan fingerprint density at radius 2 is 1.78 bits per heavy atom. The molecule has 2 N–H and O–H groups in total. The number of hydrogen-bond acceptors (Lipinski definition) is 3. The third-order valence-corrected chi connectivity index (χ3v) is 6.29. The maximum atomic E-state index is 11.1. The molecule has 4 nitrogen and oxygen atoms in total. The van der Waals surface area contributed by atoms with Crippen LogP contribution >= 0.6 is 0 Å². The van der Waals surface area contributed by atoms with Crippen LogP contribution in [0.2, 0.25) is 11.4 Å². The zero-order chi connectivity index (χ0) is 13.5. The van der Waals surface area contributed by atoms with E-state index < -0.39 is 24.8 Å². The van der Waals surface area contributed by atoms with Gasteiger partial charge >= 0.3 is 110 Å². The van der Waals surface area contributed by atoms with Crippen LogP contribution in [0.4, 0.5) is 0 Å². The summed E-state index contributed by atoms with van der Waals surface area (Å²) in [4.78, 5) is -0.289. The zero-order valence-corrected chi connectivity index (χ0v) is 12.6. The molecule has 0 fully saturated rings. The van der Waals surface area contributed by atoms with E-state index in [2.05, 4.69) is 11.4 Å². The van der Waals surface area contributed by atoms with Crippen molar-refractivity contribution in [1.29, 1.82) is 0 Å². The predicted molar refractivity (Wildman–Crippen MR) is 72.5 cm³/mol. The van der Waals surface area contributed by atoms with Crippen LogP contribution in [-0.4, -0.2) is 32.7 Å². The van der Waals surface area contributed by atoms with Gasteiger partial charge < -0.3 is 0 Å². The normalized spacial score (nSPS) is 12.2. The van der Waals surface area contributed by atoms with Crippen molar-refractivity contribution in [1.82, 2.24) is 0 Å². The molecular weight excluding hydrogens is 315 g/mol. The molecule has 0 saturated heterocycles.